The zero-order valence-electron chi connectivity index (χ0n) is 10.5. The quantitative estimate of drug-likeness (QED) is 0.623. The van der Waals surface area contributed by atoms with Crippen molar-refractivity contribution in [3.63, 3.8) is 0 Å². The molecule has 2 amide bonds. The lowest BCUT2D eigenvalue weighted by atomic mass is 9.94. The van der Waals surface area contributed by atoms with Gasteiger partial charge in [0.1, 0.15) is 7.85 Å². The predicted molar refractivity (Wildman–Crippen MR) is 77.5 cm³/mol. The molecule has 0 N–H and O–H groups in total. The zero-order valence-corrected chi connectivity index (χ0v) is 11.2. The summed E-state index contributed by atoms with van der Waals surface area (Å²) in [5, 5.41) is 0.483. The van der Waals surface area contributed by atoms with E-state index in [4.69, 9.17) is 19.4 Å². The third kappa shape index (κ3) is 2.12. The molecule has 0 spiro atoms. The van der Waals surface area contributed by atoms with Gasteiger partial charge in [-0.25, -0.2) is 0 Å². The van der Waals surface area contributed by atoms with Crippen molar-refractivity contribution in [1.82, 2.24) is 4.90 Å². The minimum absolute atomic E-state index is 0.164. The number of imide groups is 1. The van der Waals surface area contributed by atoms with Crippen LogP contribution in [-0.2, 0) is 6.54 Å². The molecule has 2 aromatic carbocycles. The lowest BCUT2D eigenvalue weighted by molar-refractivity contribution is 0.0642. The highest BCUT2D eigenvalue weighted by molar-refractivity contribution is 6.36. The van der Waals surface area contributed by atoms with E-state index in [0.29, 0.717) is 21.6 Å². The normalized spacial score (nSPS) is 13.8. The van der Waals surface area contributed by atoms with Crippen molar-refractivity contribution in [2.45, 2.75) is 6.54 Å². The van der Waals surface area contributed by atoms with Crippen LogP contribution in [0.25, 0.3) is 0 Å². The smallest absolute Gasteiger partial charge is 0.261 e. The van der Waals surface area contributed by atoms with E-state index in [-0.39, 0.29) is 18.4 Å². The average molecular weight is 282 g/mol. The molecule has 0 atom stereocenters. The largest absolute Gasteiger partial charge is 0.270 e. The van der Waals surface area contributed by atoms with Crippen LogP contribution in [0, 0.1) is 0 Å². The van der Waals surface area contributed by atoms with Gasteiger partial charge in [0.15, 0.2) is 0 Å². The van der Waals surface area contributed by atoms with Crippen LogP contribution < -0.4 is 5.46 Å². The van der Waals surface area contributed by atoms with Crippen molar-refractivity contribution in [3.05, 3.63) is 64.2 Å². The van der Waals surface area contributed by atoms with Crippen molar-refractivity contribution >= 4 is 36.7 Å². The second kappa shape index (κ2) is 4.80. The second-order valence-electron chi connectivity index (χ2n) is 4.63. The number of amides is 2. The van der Waals surface area contributed by atoms with E-state index in [0.717, 1.165) is 5.56 Å². The molecule has 0 aromatic heterocycles. The number of carbonyl (C=O) groups is 2. The molecule has 2 aromatic rings. The first-order chi connectivity index (χ1) is 9.56. The van der Waals surface area contributed by atoms with Crippen molar-refractivity contribution in [1.29, 1.82) is 0 Å². The number of hydrogen-bond donors (Lipinski definition) is 0. The van der Waals surface area contributed by atoms with E-state index in [1.54, 1.807) is 42.5 Å². The van der Waals surface area contributed by atoms with Gasteiger partial charge >= 0.3 is 0 Å². The number of rotatable bonds is 2. The lowest BCUT2D eigenvalue weighted by Gasteiger charge is -2.14. The van der Waals surface area contributed by atoms with Crippen molar-refractivity contribution in [2.24, 2.45) is 0 Å². The van der Waals surface area contributed by atoms with E-state index in [2.05, 4.69) is 0 Å². The van der Waals surface area contributed by atoms with Gasteiger partial charge in [0, 0.05) is 5.02 Å². The van der Waals surface area contributed by atoms with Crippen molar-refractivity contribution in [3.8, 4) is 0 Å². The Balaban J connectivity index is 1.93. The summed E-state index contributed by atoms with van der Waals surface area (Å²) in [5.74, 6) is -0.576. The fourth-order valence-corrected chi connectivity index (χ4v) is 2.60. The Morgan fingerprint density at radius 2 is 1.60 bits per heavy atom. The summed E-state index contributed by atoms with van der Waals surface area (Å²) >= 11 is 5.93. The summed E-state index contributed by atoms with van der Waals surface area (Å²) < 4.78 is 0. The molecule has 0 saturated heterocycles. The number of benzene rings is 2. The Bertz CT molecular complexity index is 674. The minimum atomic E-state index is -0.288. The number of hydrogen-bond acceptors (Lipinski definition) is 2. The molecule has 5 heteroatoms. The lowest BCUT2D eigenvalue weighted by Crippen LogP contribution is -2.29. The van der Waals surface area contributed by atoms with Gasteiger partial charge in [0.05, 0.1) is 17.7 Å². The monoisotopic (exact) mass is 281 g/mol. The molecule has 20 heavy (non-hydrogen) atoms. The fraction of sp³-hybridized carbons (Fsp3) is 0.0667. The molecule has 0 fully saturated rings. The molecule has 0 saturated carbocycles. The van der Waals surface area contributed by atoms with Gasteiger partial charge in [0.2, 0.25) is 0 Å². The molecule has 0 bridgehead atoms. The fourth-order valence-electron chi connectivity index (χ4n) is 2.33. The van der Waals surface area contributed by atoms with E-state index in [1.165, 1.54) is 4.90 Å². The maximum Gasteiger partial charge on any atom is 0.261 e. The molecular weight excluding hydrogens is 272 g/mol. The number of halogens is 1. The maximum atomic E-state index is 12.2. The molecular formula is C15H9BClNO2. The first-order valence-electron chi connectivity index (χ1n) is 6.06. The number of carbonyl (C=O) groups excluding carboxylic acids is 2. The Morgan fingerprint density at radius 1 is 1.00 bits per heavy atom. The van der Waals surface area contributed by atoms with E-state index in [1.807, 2.05) is 0 Å². The third-order valence-electron chi connectivity index (χ3n) is 3.20. The van der Waals surface area contributed by atoms with Crippen LogP contribution in [-0.4, -0.2) is 24.6 Å². The van der Waals surface area contributed by atoms with Gasteiger partial charge in [-0.15, -0.1) is 0 Å². The van der Waals surface area contributed by atoms with Gasteiger partial charge in [-0.1, -0.05) is 41.3 Å². The van der Waals surface area contributed by atoms with Crippen LogP contribution >= 0.6 is 11.6 Å². The van der Waals surface area contributed by atoms with Gasteiger partial charge in [-0.2, -0.15) is 0 Å². The van der Waals surface area contributed by atoms with Crippen molar-refractivity contribution < 1.29 is 9.59 Å². The maximum absolute atomic E-state index is 12.2. The first-order valence-corrected chi connectivity index (χ1v) is 6.44. The SMILES string of the molecule is [B]c1cc(Cl)cc(CN2C(=O)c3ccccc3C2=O)c1. The standard InChI is InChI=1S/C15H9BClNO2/c16-10-5-9(6-11(17)7-10)8-18-14(19)12-3-1-2-4-13(12)15(18)20/h1-7H,8H2. The summed E-state index contributed by atoms with van der Waals surface area (Å²) in [6.07, 6.45) is 0. The van der Waals surface area contributed by atoms with E-state index >= 15 is 0 Å². The molecule has 0 unspecified atom stereocenters. The third-order valence-corrected chi connectivity index (χ3v) is 3.42. The number of nitrogens with zero attached hydrogens (tertiary/aromatic N) is 1. The highest BCUT2D eigenvalue weighted by Gasteiger charge is 2.34. The van der Waals surface area contributed by atoms with Crippen LogP contribution in [0.5, 0.6) is 0 Å². The molecule has 2 radical (unpaired) electrons. The summed E-state index contributed by atoms with van der Waals surface area (Å²) in [6, 6.07) is 11.8. The van der Waals surface area contributed by atoms with Gasteiger partial charge < -0.3 is 0 Å². The number of fused-ring (bicyclic) bond motifs is 1. The predicted octanol–water partition coefficient (Wildman–Crippen LogP) is 1.93. The van der Waals surface area contributed by atoms with Gasteiger partial charge in [0.25, 0.3) is 11.8 Å². The molecule has 96 valence electrons. The molecule has 1 aliphatic rings. The Kier molecular flexibility index (Phi) is 3.11. The van der Waals surface area contributed by atoms with Crippen LogP contribution in [0.2, 0.25) is 5.02 Å². The van der Waals surface area contributed by atoms with Crippen LogP contribution in [0.15, 0.2) is 42.5 Å². The summed E-state index contributed by atoms with van der Waals surface area (Å²) in [6.45, 7) is 0.164. The zero-order chi connectivity index (χ0) is 14.3. The average Bonchev–Trinajstić information content (AvgIpc) is 2.64. The van der Waals surface area contributed by atoms with Crippen LogP contribution in [0.3, 0.4) is 0 Å². The second-order valence-corrected chi connectivity index (χ2v) is 5.07. The Hall–Kier alpha value is -2.07. The first kappa shape index (κ1) is 12.9. The molecule has 1 aliphatic heterocycles. The molecule has 0 aliphatic carbocycles. The van der Waals surface area contributed by atoms with E-state index < -0.39 is 0 Å². The highest BCUT2D eigenvalue weighted by atomic mass is 35.5. The van der Waals surface area contributed by atoms with Crippen molar-refractivity contribution in [2.75, 3.05) is 0 Å². The van der Waals surface area contributed by atoms with Gasteiger partial charge in [-0.05, 0) is 23.8 Å². The molecule has 3 nitrogen and oxygen atoms in total. The van der Waals surface area contributed by atoms with Crippen LogP contribution in [0.4, 0.5) is 0 Å². The Morgan fingerprint density at radius 3 is 2.15 bits per heavy atom. The molecule has 3 rings (SSSR count). The minimum Gasteiger partial charge on any atom is -0.270 e. The Labute approximate surface area is 122 Å². The summed E-state index contributed by atoms with van der Waals surface area (Å²) in [4.78, 5) is 25.6. The van der Waals surface area contributed by atoms with Gasteiger partial charge in [-0.3, -0.25) is 14.5 Å². The summed E-state index contributed by atoms with van der Waals surface area (Å²) in [5.41, 5.74) is 2.11. The van der Waals surface area contributed by atoms with E-state index in [9.17, 15) is 9.59 Å². The van der Waals surface area contributed by atoms with Crippen LogP contribution in [0.1, 0.15) is 26.3 Å². The topological polar surface area (TPSA) is 37.4 Å². The molecule has 1 heterocycles. The summed E-state index contributed by atoms with van der Waals surface area (Å²) in [7, 11) is 5.71. The highest BCUT2D eigenvalue weighted by Crippen LogP contribution is 2.24.